The first-order chi connectivity index (χ1) is 13.3. The highest BCUT2D eigenvalue weighted by atomic mass is 16.8. The lowest BCUT2D eigenvalue weighted by molar-refractivity contribution is -0.128. The Morgan fingerprint density at radius 1 is 1.00 bits per heavy atom. The molecule has 4 N–H and O–H groups in total. The first-order valence-electron chi connectivity index (χ1n) is 9.65. The highest BCUT2D eigenvalue weighted by Crippen LogP contribution is 2.41. The zero-order valence-corrected chi connectivity index (χ0v) is 18.0. The van der Waals surface area contributed by atoms with Crippen LogP contribution in [0.15, 0.2) is 0 Å². The van der Waals surface area contributed by atoms with Gasteiger partial charge in [0, 0.05) is 19.1 Å². The van der Waals surface area contributed by atoms with Crippen molar-refractivity contribution in [3.63, 3.8) is 0 Å². The first kappa shape index (κ1) is 26.8. The van der Waals surface area contributed by atoms with E-state index in [9.17, 15) is 10.2 Å². The first-order valence-corrected chi connectivity index (χ1v) is 9.65. The second-order valence-corrected chi connectivity index (χ2v) is 7.94. The van der Waals surface area contributed by atoms with Crippen molar-refractivity contribution in [1.82, 2.24) is 0 Å². The van der Waals surface area contributed by atoms with Crippen molar-refractivity contribution >= 4 is 15.7 Å². The summed E-state index contributed by atoms with van der Waals surface area (Å²) in [5, 5.41) is 36.3. The molecule has 29 heavy (non-hydrogen) atoms. The lowest BCUT2D eigenvalue weighted by Gasteiger charge is -2.24. The second-order valence-electron chi connectivity index (χ2n) is 7.94. The van der Waals surface area contributed by atoms with E-state index in [1.54, 1.807) is 7.11 Å². The summed E-state index contributed by atoms with van der Waals surface area (Å²) in [5.74, 6) is 0. The van der Waals surface area contributed by atoms with Crippen LogP contribution in [0.3, 0.4) is 0 Å². The van der Waals surface area contributed by atoms with Crippen LogP contribution in [0, 0.1) is 0 Å². The minimum absolute atomic E-state index is 0.0932. The normalized spacial score (nSPS) is 46.0. The molecule has 166 valence electrons. The smallest absolute Gasteiger partial charge is 0.156 e. The predicted octanol–water partition coefficient (Wildman–Crippen LogP) is -1.58. The molecule has 3 saturated heterocycles. The van der Waals surface area contributed by atoms with Gasteiger partial charge in [-0.3, -0.25) is 0 Å². The molecule has 0 saturated carbocycles. The van der Waals surface area contributed by atoms with E-state index in [0.717, 1.165) is 0 Å². The molecule has 1 unspecified atom stereocenters. The number of rotatable bonds is 3. The van der Waals surface area contributed by atoms with Gasteiger partial charge in [-0.2, -0.15) is 0 Å². The molecule has 0 bridgehead atoms. The topological polar surface area (TPSA) is 127 Å². The Morgan fingerprint density at radius 2 is 1.48 bits per heavy atom. The van der Waals surface area contributed by atoms with Crippen molar-refractivity contribution < 1.29 is 44.1 Å². The average molecular weight is 416 g/mol. The molecule has 3 rings (SSSR count). The Morgan fingerprint density at radius 3 is 1.83 bits per heavy atom. The molecule has 0 aromatic rings. The molecule has 11 heteroatoms. The van der Waals surface area contributed by atoms with E-state index >= 15 is 0 Å². The molecular formula is C18H34B2O9. The molecule has 9 atom stereocenters. The zero-order valence-electron chi connectivity index (χ0n) is 18.0. The van der Waals surface area contributed by atoms with E-state index < -0.39 is 35.4 Å². The Balaban J connectivity index is 0.000000240. The van der Waals surface area contributed by atoms with E-state index in [4.69, 9.17) is 49.6 Å². The minimum Gasteiger partial charge on any atom is -0.394 e. The molecule has 0 aromatic carbocycles. The van der Waals surface area contributed by atoms with Crippen molar-refractivity contribution in [2.24, 2.45) is 0 Å². The van der Waals surface area contributed by atoms with Crippen LogP contribution in [0.1, 0.15) is 34.6 Å². The van der Waals surface area contributed by atoms with Crippen molar-refractivity contribution in [3.8, 4) is 0 Å². The van der Waals surface area contributed by atoms with Crippen LogP contribution in [-0.4, -0.2) is 116 Å². The molecule has 9 nitrogen and oxygen atoms in total. The van der Waals surface area contributed by atoms with Gasteiger partial charge in [0.1, 0.15) is 51.3 Å². The summed E-state index contributed by atoms with van der Waals surface area (Å²) >= 11 is 0. The number of hydrogen-bond acceptors (Lipinski definition) is 9. The van der Waals surface area contributed by atoms with Crippen LogP contribution in [0.25, 0.3) is 0 Å². The Hall–Kier alpha value is -0.230. The quantitative estimate of drug-likeness (QED) is 0.403. The van der Waals surface area contributed by atoms with E-state index in [1.165, 1.54) is 6.92 Å². The number of hydrogen-bond donors (Lipinski definition) is 4. The van der Waals surface area contributed by atoms with Gasteiger partial charge in [-0.05, 0) is 34.6 Å². The SMILES string of the molecule is COC(C)C.[B][C@@H]1O[C@H](CO)[C@@H](O)[C@@]1(C)O.[B][C@@H]1O[C@H](CO)[C@H]2OC(C)O[C@@]12C. The average Bonchev–Trinajstić information content (AvgIpc) is 3.17. The molecule has 0 spiro atoms. The maximum atomic E-state index is 9.42. The summed E-state index contributed by atoms with van der Waals surface area (Å²) in [6.07, 6.45) is -2.43. The summed E-state index contributed by atoms with van der Waals surface area (Å²) in [6, 6.07) is -1.46. The monoisotopic (exact) mass is 416 g/mol. The van der Waals surface area contributed by atoms with Gasteiger partial charge in [-0.15, -0.1) is 0 Å². The number of aliphatic hydroxyl groups excluding tert-OH is 3. The van der Waals surface area contributed by atoms with Crippen molar-refractivity contribution in [2.45, 2.75) is 94.6 Å². The third-order valence-corrected chi connectivity index (χ3v) is 5.23. The van der Waals surface area contributed by atoms with Crippen LogP contribution in [-0.2, 0) is 23.7 Å². The number of ether oxygens (including phenoxy) is 5. The summed E-state index contributed by atoms with van der Waals surface area (Å²) in [7, 11) is 12.8. The number of methoxy groups -OCH3 is 1. The molecule has 0 amide bonds. The van der Waals surface area contributed by atoms with Gasteiger partial charge in [-0.25, -0.2) is 0 Å². The lowest BCUT2D eigenvalue weighted by Crippen LogP contribution is -2.45. The Labute approximate surface area is 175 Å². The zero-order chi connectivity index (χ0) is 22.6. The van der Waals surface area contributed by atoms with Crippen molar-refractivity contribution in [2.75, 3.05) is 20.3 Å². The van der Waals surface area contributed by atoms with Crippen LogP contribution in [0.4, 0.5) is 0 Å². The Bertz CT molecular complexity index is 496. The second kappa shape index (κ2) is 10.9. The van der Waals surface area contributed by atoms with E-state index in [1.807, 2.05) is 27.7 Å². The molecule has 3 heterocycles. The van der Waals surface area contributed by atoms with Crippen molar-refractivity contribution in [1.29, 1.82) is 0 Å². The summed E-state index contributed by atoms with van der Waals surface area (Å²) in [4.78, 5) is 0. The lowest BCUT2D eigenvalue weighted by atomic mass is 9.82. The molecular weight excluding hydrogens is 382 g/mol. The fraction of sp³-hybridized carbons (Fsp3) is 1.00. The molecule has 3 aliphatic rings. The van der Waals surface area contributed by atoms with Gasteiger partial charge in [0.05, 0.1) is 19.3 Å². The largest absolute Gasteiger partial charge is 0.394 e. The number of aliphatic hydroxyl groups is 4. The highest BCUT2D eigenvalue weighted by molar-refractivity contribution is 6.12. The Kier molecular flexibility index (Phi) is 10.1. The van der Waals surface area contributed by atoms with E-state index in [2.05, 4.69) is 0 Å². The standard InChI is InChI=1S/C8H13BO4.C6H11BO4.C4H10O/c1-4-11-6-5(3-10)12-7(9)8(6,2)13-4;1-6(10)4(9)3(2-8)11-5(6)7;1-4(2)5-3/h4-7,10H,3H2,1-2H3;3-5,8-10H,2H2,1H3;4H,1-3H3/t4?,5-,6-,7-,8-;3-,4-,5-,6-;/m11./s1. The van der Waals surface area contributed by atoms with Crippen LogP contribution in [0.2, 0.25) is 0 Å². The summed E-state index contributed by atoms with van der Waals surface area (Å²) in [6.45, 7) is 8.60. The van der Waals surface area contributed by atoms with Gasteiger partial charge >= 0.3 is 0 Å². The molecule has 3 aliphatic heterocycles. The van der Waals surface area contributed by atoms with Gasteiger partial charge in [-0.1, -0.05) is 0 Å². The van der Waals surface area contributed by atoms with Gasteiger partial charge in [0.15, 0.2) is 6.29 Å². The van der Waals surface area contributed by atoms with Gasteiger partial charge in [0.25, 0.3) is 0 Å². The van der Waals surface area contributed by atoms with Gasteiger partial charge in [0.2, 0.25) is 0 Å². The summed E-state index contributed by atoms with van der Waals surface area (Å²) in [5.41, 5.74) is -2.08. The number of fused-ring (bicyclic) bond motifs is 1. The third-order valence-electron chi connectivity index (χ3n) is 5.23. The molecule has 0 aromatic heterocycles. The maximum absolute atomic E-state index is 9.42. The maximum Gasteiger partial charge on any atom is 0.156 e. The molecule has 0 aliphatic carbocycles. The fourth-order valence-electron chi connectivity index (χ4n) is 3.10. The van der Waals surface area contributed by atoms with Gasteiger partial charge < -0.3 is 44.1 Å². The van der Waals surface area contributed by atoms with Crippen LogP contribution in [0.5, 0.6) is 0 Å². The van der Waals surface area contributed by atoms with E-state index in [0.29, 0.717) is 6.10 Å². The van der Waals surface area contributed by atoms with Crippen LogP contribution >= 0.6 is 0 Å². The van der Waals surface area contributed by atoms with E-state index in [-0.39, 0.29) is 31.7 Å². The minimum atomic E-state index is -1.46. The third kappa shape index (κ3) is 6.15. The molecule has 4 radical (unpaired) electrons. The predicted molar refractivity (Wildman–Crippen MR) is 106 cm³/mol. The fourth-order valence-corrected chi connectivity index (χ4v) is 3.10. The highest BCUT2D eigenvalue weighted by Gasteiger charge is 2.58. The molecule has 3 fully saturated rings. The summed E-state index contributed by atoms with van der Waals surface area (Å²) < 4.78 is 25.9. The van der Waals surface area contributed by atoms with Crippen LogP contribution < -0.4 is 0 Å². The van der Waals surface area contributed by atoms with Crippen molar-refractivity contribution in [3.05, 3.63) is 0 Å².